The SMILES string of the molecule is CC1(C)c2ccccc2-c2cccc(-c3ccc(N(c4ccc(-c5ccc6c(c5)C(C)(c5ccccc5)c5ccccc5-6)cc4)c4cccc(-c5cccc6c5ccc5ccccc56)c4)cc3)c21. The topological polar surface area (TPSA) is 3.24 Å². The average Bonchev–Trinajstić information content (AvgIpc) is 3.80. The van der Waals surface area contributed by atoms with E-state index in [2.05, 4.69) is 268 Å². The third kappa shape index (κ3) is 6.09. The molecule has 0 fully saturated rings. The van der Waals surface area contributed by atoms with Crippen LogP contribution in [0.25, 0.3) is 77.2 Å². The van der Waals surface area contributed by atoms with Crippen LogP contribution < -0.4 is 4.90 Å². The zero-order valence-electron chi connectivity index (χ0n) is 38.5. The van der Waals surface area contributed by atoms with Gasteiger partial charge < -0.3 is 4.90 Å². The largest absolute Gasteiger partial charge is 0.310 e. The van der Waals surface area contributed by atoms with Crippen LogP contribution in [0.4, 0.5) is 17.1 Å². The van der Waals surface area contributed by atoms with Gasteiger partial charge >= 0.3 is 0 Å². The molecule has 0 heterocycles. The highest BCUT2D eigenvalue weighted by Gasteiger charge is 2.41. The van der Waals surface area contributed by atoms with Crippen molar-refractivity contribution in [2.24, 2.45) is 0 Å². The molecule has 0 radical (unpaired) electrons. The number of hydrogen-bond donors (Lipinski definition) is 0. The van der Waals surface area contributed by atoms with E-state index in [0.717, 1.165) is 17.1 Å². The number of rotatable bonds is 7. The second kappa shape index (κ2) is 15.4. The van der Waals surface area contributed by atoms with Crippen molar-refractivity contribution >= 4 is 38.6 Å². The number of benzene rings is 11. The molecule has 1 unspecified atom stereocenters. The predicted molar refractivity (Wildman–Crippen MR) is 287 cm³/mol. The van der Waals surface area contributed by atoms with E-state index in [9.17, 15) is 0 Å². The summed E-state index contributed by atoms with van der Waals surface area (Å²) in [6.45, 7) is 7.13. The minimum atomic E-state index is -0.256. The molecule has 13 rings (SSSR count). The summed E-state index contributed by atoms with van der Waals surface area (Å²) in [6, 6.07) is 90.2. The first kappa shape index (κ1) is 40.1. The van der Waals surface area contributed by atoms with Gasteiger partial charge in [-0.2, -0.15) is 0 Å². The monoisotopic (exact) mass is 867 g/mol. The molecule has 2 aliphatic carbocycles. The van der Waals surface area contributed by atoms with Gasteiger partial charge in [0.2, 0.25) is 0 Å². The summed E-state index contributed by atoms with van der Waals surface area (Å²) in [7, 11) is 0. The predicted octanol–water partition coefficient (Wildman–Crippen LogP) is 18.1. The summed E-state index contributed by atoms with van der Waals surface area (Å²) in [5.74, 6) is 0. The first-order valence-electron chi connectivity index (χ1n) is 23.9. The van der Waals surface area contributed by atoms with Gasteiger partial charge in [-0.3, -0.25) is 0 Å². The molecule has 0 saturated heterocycles. The van der Waals surface area contributed by atoms with Crippen molar-refractivity contribution in [3.8, 4) is 55.6 Å². The summed E-state index contributed by atoms with van der Waals surface area (Å²) >= 11 is 0. The Morgan fingerprint density at radius 3 is 1.66 bits per heavy atom. The molecular weight excluding hydrogens is 819 g/mol. The van der Waals surface area contributed by atoms with Crippen molar-refractivity contribution < 1.29 is 0 Å². The smallest absolute Gasteiger partial charge is 0.0467 e. The molecule has 0 bridgehead atoms. The van der Waals surface area contributed by atoms with E-state index in [1.807, 2.05) is 0 Å². The summed E-state index contributed by atoms with van der Waals surface area (Å²) in [5, 5.41) is 5.06. The fourth-order valence-corrected chi connectivity index (χ4v) is 12.0. The molecule has 322 valence electrons. The number of hydrogen-bond acceptors (Lipinski definition) is 1. The van der Waals surface area contributed by atoms with Crippen molar-refractivity contribution in [3.63, 3.8) is 0 Å². The zero-order chi connectivity index (χ0) is 45.6. The molecule has 0 aliphatic heterocycles. The first-order valence-corrected chi connectivity index (χ1v) is 23.9. The van der Waals surface area contributed by atoms with Crippen LogP contribution in [-0.2, 0) is 10.8 Å². The van der Waals surface area contributed by atoms with Crippen molar-refractivity contribution in [3.05, 3.63) is 270 Å². The minimum Gasteiger partial charge on any atom is -0.310 e. The fraction of sp³-hybridized carbons (Fsp3) is 0.0746. The maximum Gasteiger partial charge on any atom is 0.0467 e. The van der Waals surface area contributed by atoms with E-state index < -0.39 is 0 Å². The average molecular weight is 868 g/mol. The molecule has 0 amide bonds. The summed E-state index contributed by atoms with van der Waals surface area (Å²) in [5.41, 5.74) is 22.4. The van der Waals surface area contributed by atoms with Crippen molar-refractivity contribution in [1.82, 2.24) is 0 Å². The fourth-order valence-electron chi connectivity index (χ4n) is 12.0. The van der Waals surface area contributed by atoms with E-state index in [1.54, 1.807) is 0 Å². The number of fused-ring (bicyclic) bond motifs is 9. The highest BCUT2D eigenvalue weighted by molar-refractivity contribution is 6.12. The maximum absolute atomic E-state index is 2.44. The summed E-state index contributed by atoms with van der Waals surface area (Å²) in [4.78, 5) is 2.42. The molecule has 0 saturated carbocycles. The highest BCUT2D eigenvalue weighted by Crippen LogP contribution is 2.54. The highest BCUT2D eigenvalue weighted by atomic mass is 15.1. The third-order valence-corrected chi connectivity index (χ3v) is 15.3. The lowest BCUT2D eigenvalue weighted by Gasteiger charge is -2.29. The van der Waals surface area contributed by atoms with Crippen molar-refractivity contribution in [1.29, 1.82) is 0 Å². The molecule has 68 heavy (non-hydrogen) atoms. The molecular formula is C67H49N. The molecule has 11 aromatic carbocycles. The van der Waals surface area contributed by atoms with Gasteiger partial charge in [0.25, 0.3) is 0 Å². The lowest BCUT2D eigenvalue weighted by molar-refractivity contribution is 0.662. The Bertz CT molecular complexity index is 3770. The van der Waals surface area contributed by atoms with E-state index >= 15 is 0 Å². The summed E-state index contributed by atoms with van der Waals surface area (Å²) < 4.78 is 0. The van der Waals surface area contributed by atoms with Gasteiger partial charge in [0.1, 0.15) is 0 Å². The van der Waals surface area contributed by atoms with E-state index in [4.69, 9.17) is 0 Å². The van der Waals surface area contributed by atoms with Gasteiger partial charge in [-0.25, -0.2) is 0 Å². The normalized spacial score (nSPS) is 15.2. The van der Waals surface area contributed by atoms with Crippen LogP contribution >= 0.6 is 0 Å². The molecule has 1 atom stereocenters. The second-order valence-electron chi connectivity index (χ2n) is 19.4. The lowest BCUT2D eigenvalue weighted by Crippen LogP contribution is -2.22. The van der Waals surface area contributed by atoms with Gasteiger partial charge in [0.05, 0.1) is 0 Å². The van der Waals surface area contributed by atoms with Crippen molar-refractivity contribution in [2.75, 3.05) is 4.90 Å². The maximum atomic E-state index is 2.44. The van der Waals surface area contributed by atoms with E-state index in [-0.39, 0.29) is 10.8 Å². The molecule has 1 heteroatoms. The number of nitrogens with zero attached hydrogens (tertiary/aromatic N) is 1. The van der Waals surface area contributed by atoms with Crippen molar-refractivity contribution in [2.45, 2.75) is 31.6 Å². The Hall–Kier alpha value is -8.26. The molecule has 0 spiro atoms. The zero-order valence-corrected chi connectivity index (χ0v) is 38.5. The molecule has 0 N–H and O–H groups in total. The molecule has 0 aromatic heterocycles. The van der Waals surface area contributed by atoms with Gasteiger partial charge in [-0.15, -0.1) is 0 Å². The van der Waals surface area contributed by atoms with Crippen LogP contribution in [0.2, 0.25) is 0 Å². The van der Waals surface area contributed by atoms with Crippen LogP contribution in [0.5, 0.6) is 0 Å². The number of anilines is 3. The Balaban J connectivity index is 0.920. The molecule has 2 aliphatic rings. The van der Waals surface area contributed by atoms with Gasteiger partial charge in [-0.1, -0.05) is 214 Å². The van der Waals surface area contributed by atoms with Crippen LogP contribution in [0.3, 0.4) is 0 Å². The Morgan fingerprint density at radius 1 is 0.294 bits per heavy atom. The molecule has 1 nitrogen and oxygen atoms in total. The standard InChI is InChI=1S/C67H49N/c1-66(2)62-28-11-9-23-59(62)61-27-15-25-55(65(61)66)46-32-38-51(39-33-46)68(52-20-13-17-48(42-52)54-24-14-26-56-53-21-8-7-16-45(53)34-40-57(54)56)50-36-30-44(31-37-50)47-35-41-60-58-22-10-12-29-63(58)67(3,64(60)43-47)49-18-5-4-6-19-49/h4-43H,1-3H3. The first-order chi connectivity index (χ1) is 33.4. The Labute approximate surface area is 399 Å². The summed E-state index contributed by atoms with van der Waals surface area (Å²) in [6.07, 6.45) is 0. The third-order valence-electron chi connectivity index (χ3n) is 15.3. The quantitative estimate of drug-likeness (QED) is 0.144. The van der Waals surface area contributed by atoms with Gasteiger partial charge in [-0.05, 0) is 154 Å². The van der Waals surface area contributed by atoms with Crippen LogP contribution in [0.1, 0.15) is 48.6 Å². The van der Waals surface area contributed by atoms with Crippen LogP contribution in [0.15, 0.2) is 243 Å². The lowest BCUT2D eigenvalue weighted by atomic mass is 9.74. The molecule has 11 aromatic rings. The van der Waals surface area contributed by atoms with Crippen LogP contribution in [-0.4, -0.2) is 0 Å². The van der Waals surface area contributed by atoms with Gasteiger partial charge in [0.15, 0.2) is 0 Å². The van der Waals surface area contributed by atoms with E-state index in [0.29, 0.717) is 0 Å². The van der Waals surface area contributed by atoms with Crippen LogP contribution in [0, 0.1) is 0 Å². The Morgan fingerprint density at radius 2 is 0.868 bits per heavy atom. The minimum absolute atomic E-state index is 0.105. The van der Waals surface area contributed by atoms with Gasteiger partial charge in [0, 0.05) is 27.9 Å². The second-order valence-corrected chi connectivity index (χ2v) is 19.4. The van der Waals surface area contributed by atoms with E-state index in [1.165, 1.54) is 105 Å². The Kier molecular flexibility index (Phi) is 9.07.